The monoisotopic (exact) mass is 286 g/mol. The van der Waals surface area contributed by atoms with Gasteiger partial charge in [0.05, 0.1) is 13.2 Å². The van der Waals surface area contributed by atoms with E-state index in [1.54, 1.807) is 7.11 Å². The van der Waals surface area contributed by atoms with Gasteiger partial charge in [-0.15, -0.1) is 0 Å². The number of likely N-dealkylation sites (N-methyl/N-ethyl adjacent to an activating group) is 1. The van der Waals surface area contributed by atoms with Gasteiger partial charge in [0.2, 0.25) is 5.91 Å². The number of urea groups is 1. The molecule has 7 heteroatoms. The second-order valence-corrected chi connectivity index (χ2v) is 5.21. The van der Waals surface area contributed by atoms with Crippen LogP contribution in [0.3, 0.4) is 0 Å². The highest BCUT2D eigenvalue weighted by Crippen LogP contribution is 2.28. The van der Waals surface area contributed by atoms with E-state index in [1.807, 2.05) is 11.9 Å². The molecule has 0 heterocycles. The van der Waals surface area contributed by atoms with Crippen LogP contribution in [-0.2, 0) is 9.53 Å². The number of hydrogen-bond acceptors (Lipinski definition) is 5. The van der Waals surface area contributed by atoms with Gasteiger partial charge >= 0.3 is 6.03 Å². The Morgan fingerprint density at radius 2 is 2.15 bits per heavy atom. The molecule has 1 saturated carbocycles. The number of imide groups is 1. The maximum Gasteiger partial charge on any atom is 0.321 e. The van der Waals surface area contributed by atoms with Crippen molar-refractivity contribution in [2.45, 2.75) is 25.3 Å². The molecule has 0 aromatic rings. The lowest BCUT2D eigenvalue weighted by molar-refractivity contribution is -0.121. The number of nitrogens with zero attached hydrogens (tertiary/aromatic N) is 1. The van der Waals surface area contributed by atoms with E-state index in [0.717, 1.165) is 19.3 Å². The molecule has 2 unspecified atom stereocenters. The molecule has 0 aromatic carbocycles. The van der Waals surface area contributed by atoms with Gasteiger partial charge in [0.15, 0.2) is 0 Å². The van der Waals surface area contributed by atoms with Crippen LogP contribution in [0.25, 0.3) is 0 Å². The molecule has 3 amide bonds. The van der Waals surface area contributed by atoms with Crippen molar-refractivity contribution in [2.75, 3.05) is 40.4 Å². The van der Waals surface area contributed by atoms with Crippen molar-refractivity contribution >= 4 is 11.9 Å². The van der Waals surface area contributed by atoms with Gasteiger partial charge in [-0.05, 0) is 32.4 Å². The van der Waals surface area contributed by atoms with Crippen molar-refractivity contribution in [3.8, 4) is 0 Å². The Balaban J connectivity index is 2.28. The van der Waals surface area contributed by atoms with Crippen molar-refractivity contribution in [3.63, 3.8) is 0 Å². The number of carbonyl (C=O) groups is 2. The standard InChI is InChI=1S/C13H26N4O3/c1-17(11-5-3-4-10(11)8-14)9-12(18)16-13(19)15-6-7-20-2/h10-11H,3-9,14H2,1-2H3,(H2,15,16,18,19). The summed E-state index contributed by atoms with van der Waals surface area (Å²) in [7, 11) is 3.45. The van der Waals surface area contributed by atoms with Crippen LogP contribution in [0.15, 0.2) is 0 Å². The van der Waals surface area contributed by atoms with Crippen LogP contribution >= 0.6 is 0 Å². The predicted octanol–water partition coefficient (Wildman–Crippen LogP) is -0.482. The van der Waals surface area contributed by atoms with Gasteiger partial charge in [0.25, 0.3) is 0 Å². The minimum absolute atomic E-state index is 0.207. The average molecular weight is 286 g/mol. The highest BCUT2D eigenvalue weighted by Gasteiger charge is 2.30. The molecule has 1 aliphatic carbocycles. The summed E-state index contributed by atoms with van der Waals surface area (Å²) < 4.78 is 4.81. The third kappa shape index (κ3) is 5.44. The number of methoxy groups -OCH3 is 1. The lowest BCUT2D eigenvalue weighted by atomic mass is 10.0. The van der Waals surface area contributed by atoms with E-state index in [9.17, 15) is 9.59 Å². The Morgan fingerprint density at radius 3 is 2.80 bits per heavy atom. The van der Waals surface area contributed by atoms with Gasteiger partial charge in [-0.1, -0.05) is 6.42 Å². The average Bonchev–Trinajstić information content (AvgIpc) is 2.87. The number of ether oxygens (including phenoxy) is 1. The van der Waals surface area contributed by atoms with Crippen LogP contribution in [0.4, 0.5) is 4.79 Å². The summed E-state index contributed by atoms with van der Waals surface area (Å²) in [6.45, 7) is 1.65. The summed E-state index contributed by atoms with van der Waals surface area (Å²) in [6.07, 6.45) is 3.33. The van der Waals surface area contributed by atoms with Crippen LogP contribution in [-0.4, -0.2) is 63.3 Å². The summed E-state index contributed by atoms with van der Waals surface area (Å²) in [4.78, 5) is 25.2. The number of amides is 3. The molecule has 4 N–H and O–H groups in total. The smallest absolute Gasteiger partial charge is 0.321 e. The first kappa shape index (κ1) is 16.9. The van der Waals surface area contributed by atoms with Gasteiger partial charge in [-0.25, -0.2) is 4.79 Å². The van der Waals surface area contributed by atoms with Gasteiger partial charge in [-0.2, -0.15) is 0 Å². The molecule has 2 atom stereocenters. The maximum absolute atomic E-state index is 11.8. The summed E-state index contributed by atoms with van der Waals surface area (Å²) in [5.74, 6) is 0.147. The first-order valence-corrected chi connectivity index (χ1v) is 7.05. The molecule has 116 valence electrons. The number of hydrogen-bond donors (Lipinski definition) is 3. The van der Waals surface area contributed by atoms with E-state index < -0.39 is 6.03 Å². The molecule has 7 nitrogen and oxygen atoms in total. The van der Waals surface area contributed by atoms with Crippen molar-refractivity contribution in [3.05, 3.63) is 0 Å². The zero-order chi connectivity index (χ0) is 15.0. The Labute approximate surface area is 120 Å². The molecule has 1 fully saturated rings. The minimum atomic E-state index is -0.484. The maximum atomic E-state index is 11.8. The number of rotatable bonds is 7. The second-order valence-electron chi connectivity index (χ2n) is 5.21. The summed E-state index contributed by atoms with van der Waals surface area (Å²) in [6, 6.07) is -0.149. The molecule has 1 aliphatic rings. The number of carbonyl (C=O) groups excluding carboxylic acids is 2. The molecule has 0 aromatic heterocycles. The number of nitrogens with one attached hydrogen (secondary N) is 2. The molecule has 0 bridgehead atoms. The largest absolute Gasteiger partial charge is 0.383 e. The molecule has 0 aliphatic heterocycles. The topological polar surface area (TPSA) is 96.7 Å². The normalized spacial score (nSPS) is 22.0. The first-order valence-electron chi connectivity index (χ1n) is 7.05. The fourth-order valence-corrected chi connectivity index (χ4v) is 2.69. The van der Waals surface area contributed by atoms with Crippen molar-refractivity contribution in [1.29, 1.82) is 0 Å². The number of nitrogens with two attached hydrogens (primary N) is 1. The van der Waals surface area contributed by atoms with Gasteiger partial charge in [0.1, 0.15) is 0 Å². The minimum Gasteiger partial charge on any atom is -0.383 e. The third-order valence-corrected chi connectivity index (χ3v) is 3.73. The third-order valence-electron chi connectivity index (χ3n) is 3.73. The molecular formula is C13H26N4O3. The fourth-order valence-electron chi connectivity index (χ4n) is 2.69. The quantitative estimate of drug-likeness (QED) is 0.549. The zero-order valence-electron chi connectivity index (χ0n) is 12.4. The van der Waals surface area contributed by atoms with E-state index in [4.69, 9.17) is 10.5 Å². The Bertz CT molecular complexity index is 325. The Hall–Kier alpha value is -1.18. The van der Waals surface area contributed by atoms with Gasteiger partial charge < -0.3 is 15.8 Å². The summed E-state index contributed by atoms with van der Waals surface area (Å²) in [5.41, 5.74) is 5.74. The van der Waals surface area contributed by atoms with E-state index in [-0.39, 0.29) is 12.5 Å². The van der Waals surface area contributed by atoms with Crippen molar-refractivity contribution in [2.24, 2.45) is 11.7 Å². The summed E-state index contributed by atoms with van der Waals surface area (Å²) in [5, 5.41) is 4.85. The van der Waals surface area contributed by atoms with E-state index in [1.165, 1.54) is 0 Å². The SMILES string of the molecule is COCCNC(=O)NC(=O)CN(C)C1CCCC1CN. The zero-order valence-corrected chi connectivity index (χ0v) is 12.4. The van der Waals surface area contributed by atoms with Crippen LogP contribution < -0.4 is 16.4 Å². The van der Waals surface area contributed by atoms with E-state index >= 15 is 0 Å². The lowest BCUT2D eigenvalue weighted by Gasteiger charge is -2.28. The van der Waals surface area contributed by atoms with Gasteiger partial charge in [0, 0.05) is 19.7 Å². The van der Waals surface area contributed by atoms with Crippen LogP contribution in [0.2, 0.25) is 0 Å². The van der Waals surface area contributed by atoms with Gasteiger partial charge in [-0.3, -0.25) is 15.0 Å². The van der Waals surface area contributed by atoms with Crippen LogP contribution in [0, 0.1) is 5.92 Å². The van der Waals surface area contributed by atoms with Crippen molar-refractivity contribution < 1.29 is 14.3 Å². The summed E-state index contributed by atoms with van der Waals surface area (Å²) >= 11 is 0. The van der Waals surface area contributed by atoms with Crippen molar-refractivity contribution in [1.82, 2.24) is 15.5 Å². The van der Waals surface area contributed by atoms with E-state index in [0.29, 0.717) is 31.7 Å². The fraction of sp³-hybridized carbons (Fsp3) is 0.846. The van der Waals surface area contributed by atoms with Crippen LogP contribution in [0.1, 0.15) is 19.3 Å². The second kappa shape index (κ2) is 8.89. The Morgan fingerprint density at radius 1 is 1.40 bits per heavy atom. The highest BCUT2D eigenvalue weighted by molar-refractivity contribution is 5.95. The molecule has 0 saturated heterocycles. The predicted molar refractivity (Wildman–Crippen MR) is 76.2 cm³/mol. The Kier molecular flexibility index (Phi) is 7.50. The molecule has 0 spiro atoms. The van der Waals surface area contributed by atoms with E-state index in [2.05, 4.69) is 10.6 Å². The van der Waals surface area contributed by atoms with Crippen LogP contribution in [0.5, 0.6) is 0 Å². The lowest BCUT2D eigenvalue weighted by Crippen LogP contribution is -2.47. The molecule has 0 radical (unpaired) electrons. The molecule has 20 heavy (non-hydrogen) atoms. The first-order chi connectivity index (χ1) is 9.58. The molecule has 1 rings (SSSR count). The highest BCUT2D eigenvalue weighted by atomic mass is 16.5. The molecular weight excluding hydrogens is 260 g/mol.